The average Bonchev–Trinajstić information content (AvgIpc) is 2.49. The maximum absolute atomic E-state index is 6.44. The van der Waals surface area contributed by atoms with Crippen LogP contribution in [0.4, 0.5) is 0 Å². The molecular weight excluding hydrogens is 250 g/mol. The van der Waals surface area contributed by atoms with Crippen molar-refractivity contribution in [1.29, 1.82) is 0 Å². The van der Waals surface area contributed by atoms with Gasteiger partial charge in [0, 0.05) is 17.7 Å². The predicted octanol–water partition coefficient (Wildman–Crippen LogP) is 3.85. The lowest BCUT2D eigenvalue weighted by Crippen LogP contribution is -2.50. The molecule has 2 aromatic rings. The van der Waals surface area contributed by atoms with Crippen LogP contribution in [0.15, 0.2) is 42.6 Å². The van der Waals surface area contributed by atoms with Crippen LogP contribution in [-0.4, -0.2) is 4.98 Å². The number of benzene rings is 1. The highest BCUT2D eigenvalue weighted by atomic mass is 16.5. The number of hydrogen-bond acceptors (Lipinski definition) is 3. The van der Waals surface area contributed by atoms with Gasteiger partial charge < -0.3 is 9.47 Å². The number of fused-ring (bicyclic) bond motifs is 6. The lowest BCUT2D eigenvalue weighted by Gasteiger charge is -2.50. The van der Waals surface area contributed by atoms with E-state index in [-0.39, 0.29) is 17.6 Å². The molecule has 3 heterocycles. The zero-order valence-electron chi connectivity index (χ0n) is 11.7. The zero-order valence-corrected chi connectivity index (χ0v) is 11.7. The summed E-state index contributed by atoms with van der Waals surface area (Å²) >= 11 is 0. The fraction of sp³-hybridized carbons (Fsp3) is 0.353. The Morgan fingerprint density at radius 1 is 1.15 bits per heavy atom. The van der Waals surface area contributed by atoms with Gasteiger partial charge in [0.15, 0.2) is 6.10 Å². The molecule has 2 aliphatic heterocycles. The van der Waals surface area contributed by atoms with E-state index in [1.165, 1.54) is 0 Å². The van der Waals surface area contributed by atoms with Crippen molar-refractivity contribution in [2.45, 2.75) is 32.0 Å². The summed E-state index contributed by atoms with van der Waals surface area (Å²) in [4.78, 5) is 4.48. The van der Waals surface area contributed by atoms with Gasteiger partial charge in [-0.05, 0) is 24.6 Å². The highest BCUT2D eigenvalue weighted by Gasteiger charge is 2.53. The van der Waals surface area contributed by atoms with Crippen LogP contribution in [0.25, 0.3) is 0 Å². The van der Waals surface area contributed by atoms with E-state index in [0.717, 1.165) is 29.2 Å². The number of rotatable bonds is 1. The van der Waals surface area contributed by atoms with Gasteiger partial charge in [-0.3, -0.25) is 4.98 Å². The topological polar surface area (TPSA) is 31.4 Å². The summed E-state index contributed by atoms with van der Waals surface area (Å²) in [6.45, 7) is 4.37. The number of aromatic nitrogens is 1. The number of pyridine rings is 1. The summed E-state index contributed by atoms with van der Waals surface area (Å²) in [6.07, 6.45) is 2.69. The van der Waals surface area contributed by atoms with Crippen LogP contribution in [0.1, 0.15) is 37.6 Å². The molecule has 4 rings (SSSR count). The lowest BCUT2D eigenvalue weighted by molar-refractivity contribution is -0.0907. The SMILES string of the molecule is CCC12Oc3cccnc3C(Oc3ccccc31)C2C. The Bertz CT molecular complexity index is 670. The van der Waals surface area contributed by atoms with Crippen molar-refractivity contribution in [3.63, 3.8) is 0 Å². The average molecular weight is 267 g/mol. The molecule has 3 atom stereocenters. The predicted molar refractivity (Wildman–Crippen MR) is 75.8 cm³/mol. The van der Waals surface area contributed by atoms with Crippen LogP contribution in [0.3, 0.4) is 0 Å². The highest BCUT2D eigenvalue weighted by molar-refractivity contribution is 5.47. The summed E-state index contributed by atoms with van der Waals surface area (Å²) in [5.41, 5.74) is 1.76. The number of para-hydroxylation sites is 1. The van der Waals surface area contributed by atoms with Gasteiger partial charge in [-0.25, -0.2) is 0 Å². The van der Waals surface area contributed by atoms with Gasteiger partial charge in [0.1, 0.15) is 22.8 Å². The van der Waals surface area contributed by atoms with Crippen LogP contribution in [0.2, 0.25) is 0 Å². The third kappa shape index (κ3) is 1.33. The molecule has 0 aliphatic carbocycles. The Morgan fingerprint density at radius 3 is 2.80 bits per heavy atom. The summed E-state index contributed by atoms with van der Waals surface area (Å²) in [5, 5.41) is 0. The first-order valence-corrected chi connectivity index (χ1v) is 7.16. The summed E-state index contributed by atoms with van der Waals surface area (Å²) in [7, 11) is 0. The fourth-order valence-corrected chi connectivity index (χ4v) is 3.57. The second-order valence-electron chi connectivity index (χ2n) is 5.56. The van der Waals surface area contributed by atoms with Gasteiger partial charge in [-0.15, -0.1) is 0 Å². The molecular formula is C17H17NO2. The number of ether oxygens (including phenoxy) is 2. The van der Waals surface area contributed by atoms with Gasteiger partial charge in [-0.1, -0.05) is 32.0 Å². The van der Waals surface area contributed by atoms with Crippen molar-refractivity contribution in [2.75, 3.05) is 0 Å². The summed E-state index contributed by atoms with van der Waals surface area (Å²) in [5.74, 6) is 2.02. The normalized spacial score (nSPS) is 29.7. The molecule has 0 N–H and O–H groups in total. The van der Waals surface area contributed by atoms with Crippen LogP contribution >= 0.6 is 0 Å². The first kappa shape index (κ1) is 11.8. The van der Waals surface area contributed by atoms with E-state index in [0.29, 0.717) is 0 Å². The van der Waals surface area contributed by atoms with Crippen molar-refractivity contribution in [3.05, 3.63) is 53.9 Å². The standard InChI is InChI=1S/C17H17NO2/c1-3-17-11(2)16(15-14(20-17)9-6-10-18-15)19-13-8-5-4-7-12(13)17/h4-11,16H,3H2,1-2H3. The van der Waals surface area contributed by atoms with E-state index in [4.69, 9.17) is 9.47 Å². The van der Waals surface area contributed by atoms with Gasteiger partial charge in [0.2, 0.25) is 0 Å². The monoisotopic (exact) mass is 267 g/mol. The van der Waals surface area contributed by atoms with Crippen molar-refractivity contribution in [1.82, 2.24) is 4.98 Å². The van der Waals surface area contributed by atoms with Crippen LogP contribution in [-0.2, 0) is 5.60 Å². The maximum Gasteiger partial charge on any atom is 0.151 e. The van der Waals surface area contributed by atoms with Crippen LogP contribution in [0, 0.1) is 5.92 Å². The van der Waals surface area contributed by atoms with E-state index < -0.39 is 0 Å². The van der Waals surface area contributed by atoms with Crippen molar-refractivity contribution in [3.8, 4) is 11.5 Å². The molecule has 3 unspecified atom stereocenters. The molecule has 0 radical (unpaired) electrons. The van der Waals surface area contributed by atoms with Gasteiger partial charge in [0.25, 0.3) is 0 Å². The molecule has 20 heavy (non-hydrogen) atoms. The molecule has 1 aromatic heterocycles. The van der Waals surface area contributed by atoms with E-state index >= 15 is 0 Å². The summed E-state index contributed by atoms with van der Waals surface area (Å²) < 4.78 is 12.7. The maximum atomic E-state index is 6.44. The quantitative estimate of drug-likeness (QED) is 0.786. The molecule has 102 valence electrons. The molecule has 0 spiro atoms. The van der Waals surface area contributed by atoms with Gasteiger partial charge >= 0.3 is 0 Å². The Hall–Kier alpha value is -2.03. The van der Waals surface area contributed by atoms with E-state index in [9.17, 15) is 0 Å². The molecule has 3 nitrogen and oxygen atoms in total. The van der Waals surface area contributed by atoms with E-state index in [1.807, 2.05) is 24.3 Å². The number of nitrogens with zero attached hydrogens (tertiary/aromatic N) is 1. The Balaban J connectivity index is 1.98. The highest BCUT2D eigenvalue weighted by Crippen LogP contribution is 2.56. The zero-order chi connectivity index (χ0) is 13.7. The minimum atomic E-state index is -0.310. The lowest BCUT2D eigenvalue weighted by atomic mass is 9.72. The first-order valence-electron chi connectivity index (χ1n) is 7.16. The molecule has 0 saturated heterocycles. The Labute approximate surface area is 118 Å². The minimum absolute atomic E-state index is 0.0326. The van der Waals surface area contributed by atoms with E-state index in [1.54, 1.807) is 6.20 Å². The fourth-order valence-electron chi connectivity index (χ4n) is 3.57. The first-order chi connectivity index (χ1) is 9.76. The van der Waals surface area contributed by atoms with Gasteiger partial charge in [-0.2, -0.15) is 0 Å². The molecule has 0 amide bonds. The largest absolute Gasteiger partial charge is 0.483 e. The number of hydrogen-bond donors (Lipinski definition) is 0. The molecule has 0 saturated carbocycles. The molecule has 3 heteroatoms. The minimum Gasteiger partial charge on any atom is -0.483 e. The van der Waals surface area contributed by atoms with Crippen LogP contribution < -0.4 is 9.47 Å². The third-order valence-electron chi connectivity index (χ3n) is 4.67. The second kappa shape index (κ2) is 3.98. The smallest absolute Gasteiger partial charge is 0.151 e. The molecule has 1 aromatic carbocycles. The van der Waals surface area contributed by atoms with Crippen LogP contribution in [0.5, 0.6) is 11.5 Å². The van der Waals surface area contributed by atoms with Crippen molar-refractivity contribution < 1.29 is 9.47 Å². The van der Waals surface area contributed by atoms with E-state index in [2.05, 4.69) is 31.0 Å². The molecule has 0 fully saturated rings. The third-order valence-corrected chi connectivity index (χ3v) is 4.67. The Morgan fingerprint density at radius 2 is 1.95 bits per heavy atom. The van der Waals surface area contributed by atoms with Gasteiger partial charge in [0.05, 0.1) is 0 Å². The second-order valence-corrected chi connectivity index (χ2v) is 5.56. The van der Waals surface area contributed by atoms with Crippen molar-refractivity contribution in [2.24, 2.45) is 5.92 Å². The summed E-state index contributed by atoms with van der Waals surface area (Å²) in [6, 6.07) is 12.1. The molecule has 2 aliphatic rings. The Kier molecular flexibility index (Phi) is 2.34. The van der Waals surface area contributed by atoms with Crippen molar-refractivity contribution >= 4 is 0 Å². The molecule has 2 bridgehead atoms.